The molecule has 3 aromatic carbocycles. The number of rotatable bonds is 4. The molecule has 0 radical (unpaired) electrons. The third-order valence-electron chi connectivity index (χ3n) is 4.62. The lowest BCUT2D eigenvalue weighted by Gasteiger charge is -2.09. The van der Waals surface area contributed by atoms with Crippen LogP contribution in [-0.2, 0) is 6.18 Å². The molecular weight excluding hydrogens is 409 g/mol. The zero-order chi connectivity index (χ0) is 21.1. The highest BCUT2D eigenvalue weighted by Crippen LogP contribution is 2.32. The summed E-state index contributed by atoms with van der Waals surface area (Å²) in [7, 11) is 0. The van der Waals surface area contributed by atoms with Crippen molar-refractivity contribution in [2.75, 3.05) is 0 Å². The highest BCUT2D eigenvalue weighted by molar-refractivity contribution is 6.30. The average molecular weight is 425 g/mol. The van der Waals surface area contributed by atoms with E-state index in [0.29, 0.717) is 16.4 Å². The molecule has 6 heteroatoms. The Morgan fingerprint density at radius 3 is 2.20 bits per heavy atom. The van der Waals surface area contributed by atoms with E-state index in [2.05, 4.69) is 9.97 Å². The van der Waals surface area contributed by atoms with Gasteiger partial charge in [-0.15, -0.1) is 0 Å². The van der Waals surface area contributed by atoms with Crippen LogP contribution in [0.15, 0.2) is 79.0 Å². The minimum Gasteiger partial charge on any atom is -0.338 e. The number of H-pyrrole nitrogens is 1. The molecule has 4 aromatic rings. The van der Waals surface area contributed by atoms with Gasteiger partial charge in [-0.25, -0.2) is 4.98 Å². The predicted molar refractivity (Wildman–Crippen MR) is 115 cm³/mol. The van der Waals surface area contributed by atoms with E-state index < -0.39 is 11.7 Å². The van der Waals surface area contributed by atoms with Gasteiger partial charge >= 0.3 is 6.18 Å². The standard InChI is InChI=1S/C24H16ClF3N2/c25-21-11-9-18(10-12-21)22-15-29-23(30-22)13-6-16-4-7-17(8-5-16)19-2-1-3-20(14-19)24(26,27)28/h1-15H,(H,29,30). The molecule has 1 N–H and O–H groups in total. The number of nitrogens with one attached hydrogen (secondary N) is 1. The van der Waals surface area contributed by atoms with Gasteiger partial charge in [-0.1, -0.05) is 66.2 Å². The van der Waals surface area contributed by atoms with Crippen LogP contribution in [0.5, 0.6) is 0 Å². The van der Waals surface area contributed by atoms with E-state index in [4.69, 9.17) is 11.6 Å². The van der Waals surface area contributed by atoms with Gasteiger partial charge < -0.3 is 4.98 Å². The van der Waals surface area contributed by atoms with Gasteiger partial charge in [0.25, 0.3) is 0 Å². The summed E-state index contributed by atoms with van der Waals surface area (Å²) in [5.41, 5.74) is 3.37. The van der Waals surface area contributed by atoms with Crippen molar-refractivity contribution in [2.24, 2.45) is 0 Å². The van der Waals surface area contributed by atoms with Crippen molar-refractivity contribution in [3.05, 3.63) is 101 Å². The third-order valence-corrected chi connectivity index (χ3v) is 4.87. The van der Waals surface area contributed by atoms with E-state index in [9.17, 15) is 13.2 Å². The molecule has 1 aromatic heterocycles. The molecule has 0 unspecified atom stereocenters. The largest absolute Gasteiger partial charge is 0.416 e. The zero-order valence-electron chi connectivity index (χ0n) is 15.6. The van der Waals surface area contributed by atoms with Crippen LogP contribution in [0.4, 0.5) is 13.2 Å². The Morgan fingerprint density at radius 2 is 1.50 bits per heavy atom. The Labute approximate surface area is 176 Å². The van der Waals surface area contributed by atoms with Crippen molar-refractivity contribution in [1.82, 2.24) is 9.97 Å². The fraction of sp³-hybridized carbons (Fsp3) is 0.0417. The third kappa shape index (κ3) is 4.63. The fourth-order valence-electron chi connectivity index (χ4n) is 3.03. The number of hydrogen-bond donors (Lipinski definition) is 1. The molecule has 0 fully saturated rings. The number of halogens is 4. The Hall–Kier alpha value is -3.31. The van der Waals surface area contributed by atoms with Crippen LogP contribution in [0.25, 0.3) is 34.5 Å². The second-order valence-electron chi connectivity index (χ2n) is 6.72. The molecule has 4 rings (SSSR count). The summed E-state index contributed by atoms with van der Waals surface area (Å²) in [6, 6.07) is 20.1. The van der Waals surface area contributed by atoms with Gasteiger partial charge in [0.15, 0.2) is 0 Å². The molecular formula is C24H16ClF3N2. The van der Waals surface area contributed by atoms with Gasteiger partial charge in [0.1, 0.15) is 5.82 Å². The minimum atomic E-state index is -4.35. The highest BCUT2D eigenvalue weighted by Gasteiger charge is 2.30. The number of aromatic nitrogens is 2. The lowest BCUT2D eigenvalue weighted by molar-refractivity contribution is -0.137. The lowest BCUT2D eigenvalue weighted by atomic mass is 10.0. The van der Waals surface area contributed by atoms with Crippen LogP contribution in [0.1, 0.15) is 17.0 Å². The monoisotopic (exact) mass is 424 g/mol. The van der Waals surface area contributed by atoms with Crippen LogP contribution in [0.2, 0.25) is 5.02 Å². The topological polar surface area (TPSA) is 28.7 Å². The van der Waals surface area contributed by atoms with Crippen molar-refractivity contribution in [3.63, 3.8) is 0 Å². The van der Waals surface area contributed by atoms with Gasteiger partial charge in [-0.05, 0) is 52.6 Å². The van der Waals surface area contributed by atoms with Crippen LogP contribution < -0.4 is 0 Å². The Morgan fingerprint density at radius 1 is 0.800 bits per heavy atom. The second-order valence-corrected chi connectivity index (χ2v) is 7.16. The van der Waals surface area contributed by atoms with E-state index in [0.717, 1.165) is 34.5 Å². The van der Waals surface area contributed by atoms with Gasteiger partial charge in [0.2, 0.25) is 0 Å². The van der Waals surface area contributed by atoms with Gasteiger partial charge in [0, 0.05) is 5.02 Å². The molecule has 0 saturated carbocycles. The number of benzene rings is 3. The van der Waals surface area contributed by atoms with Crippen LogP contribution in [-0.4, -0.2) is 9.97 Å². The predicted octanol–water partition coefficient (Wildman–Crippen LogP) is 7.59. The molecule has 2 nitrogen and oxygen atoms in total. The molecule has 0 aliphatic rings. The van der Waals surface area contributed by atoms with Crippen LogP contribution >= 0.6 is 11.6 Å². The Kier molecular flexibility index (Phi) is 5.46. The van der Waals surface area contributed by atoms with Crippen molar-refractivity contribution in [2.45, 2.75) is 6.18 Å². The minimum absolute atomic E-state index is 0.527. The maximum absolute atomic E-state index is 12.9. The van der Waals surface area contributed by atoms with E-state index in [1.165, 1.54) is 6.07 Å². The zero-order valence-corrected chi connectivity index (χ0v) is 16.4. The number of nitrogens with zero attached hydrogens (tertiary/aromatic N) is 1. The Balaban J connectivity index is 1.49. The molecule has 30 heavy (non-hydrogen) atoms. The van der Waals surface area contributed by atoms with Gasteiger partial charge in [-0.2, -0.15) is 13.2 Å². The number of hydrogen-bond acceptors (Lipinski definition) is 1. The SMILES string of the molecule is FC(F)(F)c1cccc(-c2ccc(C=Cc3ncc(-c4ccc(Cl)cc4)[nH]3)cc2)c1. The van der Waals surface area contributed by atoms with Gasteiger partial charge in [0.05, 0.1) is 17.5 Å². The first-order valence-corrected chi connectivity index (χ1v) is 9.53. The summed E-state index contributed by atoms with van der Waals surface area (Å²) in [5, 5.41) is 0.673. The van der Waals surface area contributed by atoms with Crippen molar-refractivity contribution in [1.29, 1.82) is 0 Å². The summed E-state index contributed by atoms with van der Waals surface area (Å²) in [4.78, 5) is 7.58. The van der Waals surface area contributed by atoms with Crippen LogP contribution in [0.3, 0.4) is 0 Å². The molecule has 0 amide bonds. The van der Waals surface area contributed by atoms with Crippen molar-refractivity contribution < 1.29 is 13.2 Å². The van der Waals surface area contributed by atoms with Crippen LogP contribution in [0, 0.1) is 0 Å². The van der Waals surface area contributed by atoms with E-state index >= 15 is 0 Å². The number of alkyl halides is 3. The molecule has 0 aliphatic heterocycles. The first-order chi connectivity index (χ1) is 14.4. The van der Waals surface area contributed by atoms with Gasteiger partial charge in [-0.3, -0.25) is 0 Å². The van der Waals surface area contributed by atoms with E-state index in [1.807, 2.05) is 48.6 Å². The van der Waals surface area contributed by atoms with Crippen molar-refractivity contribution >= 4 is 23.8 Å². The highest BCUT2D eigenvalue weighted by atomic mass is 35.5. The Bertz CT molecular complexity index is 1170. The summed E-state index contributed by atoms with van der Waals surface area (Å²) in [6.45, 7) is 0. The number of aromatic amines is 1. The molecule has 0 bridgehead atoms. The molecule has 150 valence electrons. The molecule has 0 saturated heterocycles. The summed E-state index contributed by atoms with van der Waals surface area (Å²) < 4.78 is 38.7. The van der Waals surface area contributed by atoms with E-state index in [1.54, 1.807) is 24.4 Å². The maximum Gasteiger partial charge on any atom is 0.416 e. The normalized spacial score (nSPS) is 11.9. The molecule has 0 atom stereocenters. The maximum atomic E-state index is 12.9. The fourth-order valence-corrected chi connectivity index (χ4v) is 3.16. The first-order valence-electron chi connectivity index (χ1n) is 9.15. The van der Waals surface area contributed by atoms with E-state index in [-0.39, 0.29) is 0 Å². The quantitative estimate of drug-likeness (QED) is 0.359. The second kappa shape index (κ2) is 8.20. The number of imidazole rings is 1. The lowest BCUT2D eigenvalue weighted by Crippen LogP contribution is -2.04. The molecule has 0 spiro atoms. The summed E-state index contributed by atoms with van der Waals surface area (Å²) in [5.74, 6) is 0.696. The smallest absolute Gasteiger partial charge is 0.338 e. The molecule has 0 aliphatic carbocycles. The summed E-state index contributed by atoms with van der Waals surface area (Å²) >= 11 is 5.91. The average Bonchev–Trinajstić information content (AvgIpc) is 3.22. The molecule has 1 heterocycles. The summed E-state index contributed by atoms with van der Waals surface area (Å²) in [6.07, 6.45) is 1.13. The van der Waals surface area contributed by atoms with Crippen molar-refractivity contribution in [3.8, 4) is 22.4 Å². The first kappa shape index (κ1) is 20.0.